The summed E-state index contributed by atoms with van der Waals surface area (Å²) in [6.07, 6.45) is 1.82. The molecule has 1 N–H and O–H groups in total. The van der Waals surface area contributed by atoms with Gasteiger partial charge in [-0.15, -0.1) is 0 Å². The third-order valence-corrected chi connectivity index (χ3v) is 2.63. The topological polar surface area (TPSA) is 40.5 Å². The molecular weight excluding hydrogens is 233 g/mol. The SMILES string of the molecule is O=C(O)[C@@H]1CCCN1I. The summed E-state index contributed by atoms with van der Waals surface area (Å²) >= 11 is 2.06. The van der Waals surface area contributed by atoms with Crippen LogP contribution in [0.1, 0.15) is 12.8 Å². The van der Waals surface area contributed by atoms with Crippen LogP contribution in [0.25, 0.3) is 0 Å². The van der Waals surface area contributed by atoms with E-state index in [1.807, 2.05) is 3.11 Å². The number of halogens is 1. The van der Waals surface area contributed by atoms with Gasteiger partial charge in [-0.05, 0) is 12.8 Å². The van der Waals surface area contributed by atoms with Crippen LogP contribution < -0.4 is 0 Å². The third kappa shape index (κ3) is 1.54. The minimum Gasteiger partial charge on any atom is -0.480 e. The Labute approximate surface area is 67.5 Å². The largest absolute Gasteiger partial charge is 0.480 e. The molecule has 1 rings (SSSR count). The maximum Gasteiger partial charge on any atom is 0.321 e. The van der Waals surface area contributed by atoms with Gasteiger partial charge in [0.15, 0.2) is 0 Å². The molecule has 1 heterocycles. The van der Waals surface area contributed by atoms with Gasteiger partial charge in [-0.1, -0.05) is 0 Å². The lowest BCUT2D eigenvalue weighted by Crippen LogP contribution is -2.27. The third-order valence-electron chi connectivity index (χ3n) is 1.47. The van der Waals surface area contributed by atoms with E-state index >= 15 is 0 Å². The lowest BCUT2D eigenvalue weighted by molar-refractivity contribution is -0.140. The monoisotopic (exact) mass is 241 g/mol. The van der Waals surface area contributed by atoms with Gasteiger partial charge in [0.25, 0.3) is 0 Å². The van der Waals surface area contributed by atoms with Crippen LogP contribution >= 0.6 is 22.9 Å². The number of carboxylic acid groups (broad SMARTS) is 1. The Bertz CT molecular complexity index is 128. The highest BCUT2D eigenvalue weighted by molar-refractivity contribution is 14.1. The smallest absolute Gasteiger partial charge is 0.321 e. The van der Waals surface area contributed by atoms with E-state index in [4.69, 9.17) is 5.11 Å². The molecule has 0 unspecified atom stereocenters. The number of carboxylic acids is 1. The average molecular weight is 241 g/mol. The Morgan fingerprint density at radius 1 is 1.78 bits per heavy atom. The zero-order valence-electron chi connectivity index (χ0n) is 4.88. The normalized spacial score (nSPS) is 28.8. The van der Waals surface area contributed by atoms with Crippen molar-refractivity contribution in [1.82, 2.24) is 3.11 Å². The van der Waals surface area contributed by atoms with E-state index in [2.05, 4.69) is 22.9 Å². The average Bonchev–Trinajstić information content (AvgIpc) is 2.13. The maximum absolute atomic E-state index is 10.4. The summed E-state index contributed by atoms with van der Waals surface area (Å²) in [6.45, 7) is 0.914. The summed E-state index contributed by atoms with van der Waals surface area (Å²) in [5.41, 5.74) is 0. The van der Waals surface area contributed by atoms with Gasteiger partial charge in [-0.25, -0.2) is 3.11 Å². The number of aliphatic carboxylic acids is 1. The van der Waals surface area contributed by atoms with Crippen LogP contribution in [0.4, 0.5) is 0 Å². The lowest BCUT2D eigenvalue weighted by Gasteiger charge is -2.10. The van der Waals surface area contributed by atoms with Crippen molar-refractivity contribution in [1.29, 1.82) is 0 Å². The predicted molar refractivity (Wildman–Crippen MR) is 41.4 cm³/mol. The Balaban J connectivity index is 2.49. The summed E-state index contributed by atoms with van der Waals surface area (Å²) < 4.78 is 1.85. The second-order valence-electron chi connectivity index (χ2n) is 2.12. The van der Waals surface area contributed by atoms with Crippen LogP contribution in [-0.4, -0.2) is 26.8 Å². The summed E-state index contributed by atoms with van der Waals surface area (Å²) in [7, 11) is 0. The summed E-state index contributed by atoms with van der Waals surface area (Å²) in [5.74, 6) is -0.693. The van der Waals surface area contributed by atoms with Crippen molar-refractivity contribution in [3.8, 4) is 0 Å². The zero-order valence-corrected chi connectivity index (χ0v) is 7.04. The number of nitrogens with zero attached hydrogens (tertiary/aromatic N) is 1. The first-order valence-corrected chi connectivity index (χ1v) is 3.83. The molecule has 1 aliphatic heterocycles. The fraction of sp³-hybridized carbons (Fsp3) is 0.800. The van der Waals surface area contributed by atoms with Crippen molar-refractivity contribution in [2.75, 3.05) is 6.54 Å². The molecule has 0 saturated carbocycles. The number of carbonyl (C=O) groups is 1. The van der Waals surface area contributed by atoms with Crippen molar-refractivity contribution in [2.24, 2.45) is 0 Å². The van der Waals surface area contributed by atoms with Gasteiger partial charge in [0, 0.05) is 29.4 Å². The standard InChI is InChI=1S/C5H8INO2/c6-7-3-1-2-4(7)5(8)9/h4H,1-3H2,(H,8,9)/t4-/m0/s1. The van der Waals surface area contributed by atoms with Crippen LogP contribution in [0.15, 0.2) is 0 Å². The fourth-order valence-corrected chi connectivity index (χ4v) is 1.83. The van der Waals surface area contributed by atoms with Crippen molar-refractivity contribution in [3.63, 3.8) is 0 Å². The molecule has 9 heavy (non-hydrogen) atoms. The highest BCUT2D eigenvalue weighted by Gasteiger charge is 2.28. The van der Waals surface area contributed by atoms with E-state index in [-0.39, 0.29) is 6.04 Å². The Morgan fingerprint density at radius 2 is 2.44 bits per heavy atom. The first-order valence-electron chi connectivity index (χ1n) is 2.87. The minimum atomic E-state index is -0.693. The first-order chi connectivity index (χ1) is 4.22. The molecule has 0 amide bonds. The van der Waals surface area contributed by atoms with Crippen LogP contribution in [0.3, 0.4) is 0 Å². The molecule has 1 saturated heterocycles. The molecule has 3 nitrogen and oxygen atoms in total. The second kappa shape index (κ2) is 2.83. The highest BCUT2D eigenvalue weighted by atomic mass is 127. The van der Waals surface area contributed by atoms with E-state index in [9.17, 15) is 4.79 Å². The van der Waals surface area contributed by atoms with Gasteiger partial charge in [0.05, 0.1) is 0 Å². The van der Waals surface area contributed by atoms with Crippen molar-refractivity contribution >= 4 is 28.8 Å². The molecule has 0 aromatic carbocycles. The molecule has 4 heteroatoms. The van der Waals surface area contributed by atoms with E-state index in [0.717, 1.165) is 19.4 Å². The molecule has 1 fully saturated rings. The number of hydrogen-bond acceptors (Lipinski definition) is 2. The van der Waals surface area contributed by atoms with Crippen LogP contribution in [-0.2, 0) is 4.79 Å². The van der Waals surface area contributed by atoms with Crippen molar-refractivity contribution in [2.45, 2.75) is 18.9 Å². The van der Waals surface area contributed by atoms with Crippen LogP contribution in [0.5, 0.6) is 0 Å². The lowest BCUT2D eigenvalue weighted by atomic mass is 10.2. The van der Waals surface area contributed by atoms with E-state index in [0.29, 0.717) is 0 Å². The molecule has 0 aromatic heterocycles. The molecule has 0 radical (unpaired) electrons. The summed E-state index contributed by atoms with van der Waals surface area (Å²) in [5, 5.41) is 8.54. The zero-order chi connectivity index (χ0) is 6.85. The van der Waals surface area contributed by atoms with Gasteiger partial charge >= 0.3 is 5.97 Å². The minimum absolute atomic E-state index is 0.231. The summed E-state index contributed by atoms with van der Waals surface area (Å²) in [6, 6.07) is -0.231. The highest BCUT2D eigenvalue weighted by Crippen LogP contribution is 2.20. The predicted octanol–water partition coefficient (Wildman–Crippen LogP) is 0.885. The van der Waals surface area contributed by atoms with E-state index in [1.54, 1.807) is 0 Å². The van der Waals surface area contributed by atoms with Gasteiger partial charge < -0.3 is 5.11 Å². The molecular formula is C5H8INO2. The maximum atomic E-state index is 10.4. The Hall–Kier alpha value is 0.160. The number of hydrogen-bond donors (Lipinski definition) is 1. The fourth-order valence-electron chi connectivity index (χ4n) is 0.975. The van der Waals surface area contributed by atoms with Gasteiger partial charge in [-0.2, -0.15) is 0 Å². The van der Waals surface area contributed by atoms with Gasteiger partial charge in [0.1, 0.15) is 6.04 Å². The molecule has 0 bridgehead atoms. The Morgan fingerprint density at radius 3 is 2.67 bits per heavy atom. The molecule has 52 valence electrons. The van der Waals surface area contributed by atoms with E-state index in [1.165, 1.54) is 0 Å². The molecule has 0 spiro atoms. The second-order valence-corrected chi connectivity index (χ2v) is 3.36. The summed E-state index contributed by atoms with van der Waals surface area (Å²) in [4.78, 5) is 10.4. The van der Waals surface area contributed by atoms with Gasteiger partial charge in [0.2, 0.25) is 0 Å². The quantitative estimate of drug-likeness (QED) is 0.547. The van der Waals surface area contributed by atoms with Crippen molar-refractivity contribution < 1.29 is 9.90 Å². The van der Waals surface area contributed by atoms with Crippen molar-refractivity contribution in [3.05, 3.63) is 0 Å². The molecule has 0 aromatic rings. The van der Waals surface area contributed by atoms with Gasteiger partial charge in [-0.3, -0.25) is 4.79 Å². The van der Waals surface area contributed by atoms with Crippen LogP contribution in [0, 0.1) is 0 Å². The Kier molecular flexibility index (Phi) is 2.29. The molecule has 0 aliphatic carbocycles. The molecule has 1 aliphatic rings. The van der Waals surface area contributed by atoms with Crippen LogP contribution in [0.2, 0.25) is 0 Å². The molecule has 1 atom stereocenters. The first kappa shape index (κ1) is 7.27. The number of rotatable bonds is 1. The van der Waals surface area contributed by atoms with E-state index < -0.39 is 5.97 Å².